The summed E-state index contributed by atoms with van der Waals surface area (Å²) in [6.07, 6.45) is 3.28. The lowest BCUT2D eigenvalue weighted by Crippen LogP contribution is -1.92. The van der Waals surface area contributed by atoms with Crippen LogP contribution < -0.4 is 0 Å². The molecule has 0 aliphatic heterocycles. The summed E-state index contributed by atoms with van der Waals surface area (Å²) in [6.45, 7) is 4.04. The number of hydrogen-bond acceptors (Lipinski definition) is 2. The summed E-state index contributed by atoms with van der Waals surface area (Å²) >= 11 is 0. The number of rotatable bonds is 4. The molecule has 16 heavy (non-hydrogen) atoms. The molecule has 0 fully saturated rings. The highest BCUT2D eigenvalue weighted by Gasteiger charge is 1.92. The van der Waals surface area contributed by atoms with Gasteiger partial charge in [-0.2, -0.15) is 0 Å². The first-order valence-electron chi connectivity index (χ1n) is 5.53. The number of aromatic hydroxyl groups is 1. The van der Waals surface area contributed by atoms with Crippen LogP contribution in [0.2, 0.25) is 0 Å². The van der Waals surface area contributed by atoms with Crippen LogP contribution in [0.3, 0.4) is 0 Å². The van der Waals surface area contributed by atoms with Crippen molar-refractivity contribution in [3.8, 4) is 5.75 Å². The van der Waals surface area contributed by atoms with E-state index in [2.05, 4.69) is 6.92 Å². The van der Waals surface area contributed by atoms with E-state index in [1.165, 1.54) is 5.56 Å². The summed E-state index contributed by atoms with van der Waals surface area (Å²) in [6, 6.07) is 7.09. The van der Waals surface area contributed by atoms with Gasteiger partial charge in [0.2, 0.25) is 0 Å². The standard InChI is InChI=1S/C7H8O.C6H12O2/c1-6-2-4-7(8)5-3-6;1-2-3-4-5-6(7)8/h2-5,8H,1H3;2-5H2,1H3,(H,7,8). The largest absolute Gasteiger partial charge is 0.508 e. The van der Waals surface area contributed by atoms with Gasteiger partial charge >= 0.3 is 5.97 Å². The lowest BCUT2D eigenvalue weighted by atomic mass is 10.2. The van der Waals surface area contributed by atoms with Crippen molar-refractivity contribution in [2.24, 2.45) is 0 Å². The first-order chi connectivity index (χ1) is 7.56. The van der Waals surface area contributed by atoms with Gasteiger partial charge in [-0.25, -0.2) is 0 Å². The number of carbonyl (C=O) groups is 1. The molecule has 0 atom stereocenters. The summed E-state index contributed by atoms with van der Waals surface area (Å²) in [5.41, 5.74) is 1.17. The third-order valence-corrected chi connectivity index (χ3v) is 2.03. The number of carboxylic acids is 1. The molecule has 0 bridgehead atoms. The minimum absolute atomic E-state index is 0.327. The van der Waals surface area contributed by atoms with Gasteiger partial charge in [0.15, 0.2) is 0 Å². The van der Waals surface area contributed by atoms with Crippen molar-refractivity contribution in [1.29, 1.82) is 0 Å². The van der Waals surface area contributed by atoms with Crippen molar-refractivity contribution in [3.63, 3.8) is 0 Å². The van der Waals surface area contributed by atoms with Gasteiger partial charge in [-0.1, -0.05) is 37.5 Å². The molecule has 0 aromatic heterocycles. The Morgan fingerprint density at radius 3 is 2.12 bits per heavy atom. The highest BCUT2D eigenvalue weighted by Crippen LogP contribution is 2.07. The third kappa shape index (κ3) is 9.06. The maximum absolute atomic E-state index is 9.87. The third-order valence-electron chi connectivity index (χ3n) is 2.03. The molecule has 3 heteroatoms. The molecule has 0 saturated carbocycles. The lowest BCUT2D eigenvalue weighted by Gasteiger charge is -1.89. The zero-order valence-corrected chi connectivity index (χ0v) is 9.94. The number of phenols is 1. The van der Waals surface area contributed by atoms with Crippen molar-refractivity contribution >= 4 is 5.97 Å². The summed E-state index contributed by atoms with van der Waals surface area (Å²) in [5.74, 6) is -0.353. The number of hydrogen-bond donors (Lipinski definition) is 2. The van der Waals surface area contributed by atoms with E-state index in [1.807, 2.05) is 19.1 Å². The number of benzene rings is 1. The second kappa shape index (κ2) is 8.77. The minimum atomic E-state index is -0.682. The Bertz CT molecular complexity index is 270. The fourth-order valence-electron chi connectivity index (χ4n) is 1.07. The van der Waals surface area contributed by atoms with Gasteiger partial charge in [-0.3, -0.25) is 4.79 Å². The van der Waals surface area contributed by atoms with Crippen molar-refractivity contribution in [2.75, 3.05) is 0 Å². The predicted octanol–water partition coefficient (Wildman–Crippen LogP) is 3.35. The zero-order chi connectivity index (χ0) is 12.4. The van der Waals surface area contributed by atoms with Crippen LogP contribution in [0, 0.1) is 6.92 Å². The molecule has 2 N–H and O–H groups in total. The van der Waals surface area contributed by atoms with E-state index in [-0.39, 0.29) is 0 Å². The molecule has 0 radical (unpaired) electrons. The molecule has 0 spiro atoms. The summed E-state index contributed by atoms with van der Waals surface area (Å²) in [5, 5.41) is 16.9. The fourth-order valence-corrected chi connectivity index (χ4v) is 1.07. The molecule has 3 nitrogen and oxygen atoms in total. The molecule has 1 aromatic carbocycles. The Balaban J connectivity index is 0.000000281. The van der Waals surface area contributed by atoms with Crippen molar-refractivity contribution in [2.45, 2.75) is 39.5 Å². The normalized spacial score (nSPS) is 9.12. The summed E-state index contributed by atoms with van der Waals surface area (Å²) < 4.78 is 0. The monoisotopic (exact) mass is 224 g/mol. The van der Waals surface area contributed by atoms with Gasteiger partial charge in [0.05, 0.1) is 0 Å². The number of phenolic OH excluding ortho intramolecular Hbond substituents is 1. The minimum Gasteiger partial charge on any atom is -0.508 e. The van der Waals surface area contributed by atoms with Gasteiger partial charge in [-0.05, 0) is 25.5 Å². The van der Waals surface area contributed by atoms with Gasteiger partial charge in [-0.15, -0.1) is 0 Å². The van der Waals surface area contributed by atoms with E-state index in [4.69, 9.17) is 10.2 Å². The van der Waals surface area contributed by atoms with Crippen LogP contribution in [0.4, 0.5) is 0 Å². The number of carboxylic acid groups (broad SMARTS) is 1. The van der Waals surface area contributed by atoms with Crippen LogP contribution in [0.15, 0.2) is 24.3 Å². The van der Waals surface area contributed by atoms with E-state index in [1.54, 1.807) is 12.1 Å². The average Bonchev–Trinajstić information content (AvgIpc) is 2.23. The van der Waals surface area contributed by atoms with Crippen molar-refractivity contribution < 1.29 is 15.0 Å². The van der Waals surface area contributed by atoms with Crippen molar-refractivity contribution in [1.82, 2.24) is 0 Å². The van der Waals surface area contributed by atoms with Crippen LogP contribution in [-0.2, 0) is 4.79 Å². The van der Waals surface area contributed by atoms with E-state index >= 15 is 0 Å². The second-order valence-corrected chi connectivity index (χ2v) is 3.69. The van der Waals surface area contributed by atoms with Crippen LogP contribution in [0.1, 0.15) is 38.2 Å². The molecule has 0 saturated heterocycles. The predicted molar refractivity (Wildman–Crippen MR) is 64.6 cm³/mol. The van der Waals surface area contributed by atoms with E-state index in [0.717, 1.165) is 19.3 Å². The molecule has 0 aliphatic rings. The van der Waals surface area contributed by atoms with Crippen LogP contribution in [0.25, 0.3) is 0 Å². The molecule has 0 amide bonds. The lowest BCUT2D eigenvalue weighted by molar-refractivity contribution is -0.137. The Labute approximate surface area is 96.7 Å². The Morgan fingerprint density at radius 2 is 1.75 bits per heavy atom. The maximum atomic E-state index is 9.87. The molecule has 1 aromatic rings. The van der Waals surface area contributed by atoms with Gasteiger partial charge in [0.25, 0.3) is 0 Å². The van der Waals surface area contributed by atoms with Gasteiger partial charge < -0.3 is 10.2 Å². The molecule has 0 heterocycles. The molecule has 0 unspecified atom stereocenters. The second-order valence-electron chi connectivity index (χ2n) is 3.69. The topological polar surface area (TPSA) is 57.5 Å². The molecular formula is C13H20O3. The average molecular weight is 224 g/mol. The fraction of sp³-hybridized carbons (Fsp3) is 0.462. The van der Waals surface area contributed by atoms with Gasteiger partial charge in [0, 0.05) is 6.42 Å². The van der Waals surface area contributed by atoms with Crippen LogP contribution >= 0.6 is 0 Å². The maximum Gasteiger partial charge on any atom is 0.303 e. The highest BCUT2D eigenvalue weighted by molar-refractivity contribution is 5.66. The number of aliphatic carboxylic acids is 1. The van der Waals surface area contributed by atoms with Crippen LogP contribution in [-0.4, -0.2) is 16.2 Å². The highest BCUT2D eigenvalue weighted by atomic mass is 16.4. The van der Waals surface area contributed by atoms with E-state index < -0.39 is 5.97 Å². The Hall–Kier alpha value is -1.51. The Morgan fingerprint density at radius 1 is 1.19 bits per heavy atom. The Kier molecular flexibility index (Phi) is 7.94. The smallest absolute Gasteiger partial charge is 0.303 e. The molecule has 90 valence electrons. The SMILES string of the molecule is CCCCCC(=O)O.Cc1ccc(O)cc1. The van der Waals surface area contributed by atoms with Crippen molar-refractivity contribution in [3.05, 3.63) is 29.8 Å². The molecule has 1 rings (SSSR count). The van der Waals surface area contributed by atoms with E-state index in [9.17, 15) is 4.79 Å². The first-order valence-corrected chi connectivity index (χ1v) is 5.53. The quantitative estimate of drug-likeness (QED) is 0.771. The molecule has 0 aliphatic carbocycles. The first kappa shape index (κ1) is 14.5. The number of unbranched alkanes of at least 4 members (excludes halogenated alkanes) is 2. The zero-order valence-electron chi connectivity index (χ0n) is 9.94. The number of aryl methyl sites for hydroxylation is 1. The summed E-state index contributed by atoms with van der Waals surface area (Å²) in [7, 11) is 0. The van der Waals surface area contributed by atoms with Crippen LogP contribution in [0.5, 0.6) is 5.75 Å². The van der Waals surface area contributed by atoms with E-state index in [0.29, 0.717) is 12.2 Å². The summed E-state index contributed by atoms with van der Waals surface area (Å²) in [4.78, 5) is 9.87. The molecular weight excluding hydrogens is 204 g/mol. The van der Waals surface area contributed by atoms with Gasteiger partial charge in [0.1, 0.15) is 5.75 Å².